The summed E-state index contributed by atoms with van der Waals surface area (Å²) in [6.07, 6.45) is 1.76. The zero-order valence-corrected chi connectivity index (χ0v) is 15.1. The lowest BCUT2D eigenvalue weighted by molar-refractivity contribution is 0.146. The molecule has 0 aliphatic heterocycles. The molecule has 3 aromatic rings. The molecular weight excluding hydrogens is 332 g/mol. The van der Waals surface area contributed by atoms with Gasteiger partial charge < -0.3 is 24.3 Å². The van der Waals surface area contributed by atoms with Gasteiger partial charge in [0.05, 0.1) is 32.0 Å². The average molecular weight is 354 g/mol. The second kappa shape index (κ2) is 8.40. The Labute approximate surface area is 152 Å². The Morgan fingerprint density at radius 2 is 1.69 bits per heavy atom. The summed E-state index contributed by atoms with van der Waals surface area (Å²) < 4.78 is 21.4. The van der Waals surface area contributed by atoms with E-state index in [1.807, 2.05) is 42.5 Å². The highest BCUT2D eigenvalue weighted by Gasteiger charge is 2.09. The molecule has 0 bridgehead atoms. The van der Waals surface area contributed by atoms with E-state index in [9.17, 15) is 0 Å². The maximum absolute atomic E-state index is 5.63. The fraction of sp³-hybridized carbons (Fsp3) is 0.250. The Bertz CT molecular complexity index is 883. The highest BCUT2D eigenvalue weighted by molar-refractivity contribution is 5.94. The Morgan fingerprint density at radius 1 is 0.846 bits per heavy atom. The van der Waals surface area contributed by atoms with Crippen LogP contribution in [0.25, 0.3) is 10.9 Å². The van der Waals surface area contributed by atoms with Crippen molar-refractivity contribution in [2.24, 2.45) is 0 Å². The molecule has 3 rings (SSSR count). The molecule has 0 spiro atoms. The van der Waals surface area contributed by atoms with Gasteiger partial charge in [0.1, 0.15) is 23.9 Å². The molecule has 0 saturated carbocycles. The van der Waals surface area contributed by atoms with Crippen LogP contribution in [0.3, 0.4) is 0 Å². The molecule has 6 heteroatoms. The molecule has 1 heterocycles. The van der Waals surface area contributed by atoms with Gasteiger partial charge in [-0.05, 0) is 30.3 Å². The summed E-state index contributed by atoms with van der Waals surface area (Å²) in [4.78, 5) is 4.41. The minimum Gasteiger partial charge on any atom is -0.497 e. The first kappa shape index (κ1) is 17.8. The van der Waals surface area contributed by atoms with Gasteiger partial charge in [0.25, 0.3) is 0 Å². The van der Waals surface area contributed by atoms with Gasteiger partial charge in [-0.2, -0.15) is 0 Å². The molecule has 1 N–H and O–H groups in total. The molecule has 0 aliphatic carbocycles. The van der Waals surface area contributed by atoms with E-state index >= 15 is 0 Å². The minimum absolute atomic E-state index is 0.489. The van der Waals surface area contributed by atoms with E-state index in [0.717, 1.165) is 33.8 Å². The molecule has 0 unspecified atom stereocenters. The van der Waals surface area contributed by atoms with Crippen molar-refractivity contribution < 1.29 is 18.9 Å². The van der Waals surface area contributed by atoms with Crippen molar-refractivity contribution in [3.8, 4) is 17.2 Å². The van der Waals surface area contributed by atoms with Crippen LogP contribution in [-0.2, 0) is 4.74 Å². The van der Waals surface area contributed by atoms with Crippen LogP contribution in [0.5, 0.6) is 17.2 Å². The number of pyridine rings is 1. The number of anilines is 2. The average Bonchev–Trinajstić information content (AvgIpc) is 2.69. The summed E-state index contributed by atoms with van der Waals surface area (Å²) in [7, 11) is 4.92. The summed E-state index contributed by atoms with van der Waals surface area (Å²) in [6.45, 7) is 1.03. The van der Waals surface area contributed by atoms with Crippen LogP contribution >= 0.6 is 0 Å². The number of benzene rings is 2. The number of aromatic nitrogens is 1. The summed E-state index contributed by atoms with van der Waals surface area (Å²) in [5, 5.41) is 4.41. The first-order chi connectivity index (χ1) is 12.7. The van der Waals surface area contributed by atoms with E-state index in [1.165, 1.54) is 0 Å². The Balaban J connectivity index is 1.87. The maximum atomic E-state index is 5.63. The lowest BCUT2D eigenvalue weighted by Gasteiger charge is -2.15. The lowest BCUT2D eigenvalue weighted by atomic mass is 10.1. The van der Waals surface area contributed by atoms with E-state index in [4.69, 9.17) is 18.9 Å². The van der Waals surface area contributed by atoms with Crippen LogP contribution in [0.4, 0.5) is 11.4 Å². The molecular formula is C20H22N2O4. The van der Waals surface area contributed by atoms with Crippen molar-refractivity contribution in [3.63, 3.8) is 0 Å². The second-order valence-corrected chi connectivity index (χ2v) is 5.57. The number of fused-ring (bicyclic) bond motifs is 1. The Kier molecular flexibility index (Phi) is 5.76. The summed E-state index contributed by atoms with van der Waals surface area (Å²) in [6, 6.07) is 13.4. The van der Waals surface area contributed by atoms with Crippen LogP contribution < -0.4 is 19.5 Å². The second-order valence-electron chi connectivity index (χ2n) is 5.57. The van der Waals surface area contributed by atoms with Gasteiger partial charge in [0.2, 0.25) is 0 Å². The van der Waals surface area contributed by atoms with Gasteiger partial charge in [-0.1, -0.05) is 0 Å². The number of hydrogen-bond acceptors (Lipinski definition) is 6. The van der Waals surface area contributed by atoms with E-state index in [0.29, 0.717) is 19.0 Å². The van der Waals surface area contributed by atoms with E-state index in [2.05, 4.69) is 10.3 Å². The van der Waals surface area contributed by atoms with Gasteiger partial charge in [0.15, 0.2) is 0 Å². The fourth-order valence-corrected chi connectivity index (χ4v) is 2.62. The highest BCUT2D eigenvalue weighted by Crippen LogP contribution is 2.34. The molecule has 0 amide bonds. The summed E-state index contributed by atoms with van der Waals surface area (Å²) in [5.41, 5.74) is 2.63. The van der Waals surface area contributed by atoms with Crippen LogP contribution in [0, 0.1) is 0 Å². The Hall–Kier alpha value is -2.99. The number of hydrogen-bond donors (Lipinski definition) is 1. The van der Waals surface area contributed by atoms with Crippen molar-refractivity contribution in [3.05, 3.63) is 48.7 Å². The fourth-order valence-electron chi connectivity index (χ4n) is 2.62. The Morgan fingerprint density at radius 3 is 2.46 bits per heavy atom. The molecule has 0 fully saturated rings. The molecule has 6 nitrogen and oxygen atoms in total. The van der Waals surface area contributed by atoms with E-state index in [-0.39, 0.29) is 0 Å². The van der Waals surface area contributed by atoms with Gasteiger partial charge in [0, 0.05) is 36.5 Å². The molecule has 1 aromatic heterocycles. The van der Waals surface area contributed by atoms with Crippen LogP contribution in [0.2, 0.25) is 0 Å². The number of nitrogens with one attached hydrogen (secondary N) is 1. The van der Waals surface area contributed by atoms with Crippen molar-refractivity contribution in [1.82, 2.24) is 4.98 Å². The monoisotopic (exact) mass is 354 g/mol. The largest absolute Gasteiger partial charge is 0.497 e. The third kappa shape index (κ3) is 3.97. The summed E-state index contributed by atoms with van der Waals surface area (Å²) in [5.74, 6) is 2.20. The van der Waals surface area contributed by atoms with Crippen molar-refractivity contribution in [2.45, 2.75) is 0 Å². The molecule has 0 radical (unpaired) electrons. The predicted octanol–water partition coefficient (Wildman–Crippen LogP) is 4.02. The zero-order chi connectivity index (χ0) is 18.4. The van der Waals surface area contributed by atoms with Gasteiger partial charge >= 0.3 is 0 Å². The normalized spacial score (nSPS) is 10.6. The number of methoxy groups -OCH3 is 3. The van der Waals surface area contributed by atoms with Crippen molar-refractivity contribution >= 4 is 22.3 Å². The molecule has 26 heavy (non-hydrogen) atoms. The van der Waals surface area contributed by atoms with Crippen LogP contribution in [0.15, 0.2) is 48.7 Å². The smallest absolute Gasteiger partial charge is 0.145 e. The standard InChI is InChI=1S/C20H22N2O4/c1-23-10-11-26-15-5-7-18(20(13-15)25-3)22-17-8-9-21-19-12-14(24-2)4-6-16(17)19/h4-9,12-13H,10-11H2,1-3H3,(H,21,22). The van der Waals surface area contributed by atoms with Crippen LogP contribution in [0.1, 0.15) is 0 Å². The first-order valence-corrected chi connectivity index (χ1v) is 8.24. The van der Waals surface area contributed by atoms with Gasteiger partial charge in [-0.15, -0.1) is 0 Å². The van der Waals surface area contributed by atoms with Crippen LogP contribution in [-0.4, -0.2) is 39.5 Å². The number of rotatable bonds is 8. The SMILES string of the molecule is COCCOc1ccc(Nc2ccnc3cc(OC)ccc23)c(OC)c1. The number of nitrogens with zero attached hydrogens (tertiary/aromatic N) is 1. The summed E-state index contributed by atoms with van der Waals surface area (Å²) >= 11 is 0. The highest BCUT2D eigenvalue weighted by atomic mass is 16.5. The van der Waals surface area contributed by atoms with E-state index < -0.39 is 0 Å². The van der Waals surface area contributed by atoms with Crippen molar-refractivity contribution in [2.75, 3.05) is 39.9 Å². The topological polar surface area (TPSA) is 61.8 Å². The third-order valence-electron chi connectivity index (χ3n) is 3.95. The van der Waals surface area contributed by atoms with E-state index in [1.54, 1.807) is 27.5 Å². The van der Waals surface area contributed by atoms with Gasteiger partial charge in [-0.3, -0.25) is 4.98 Å². The lowest BCUT2D eigenvalue weighted by Crippen LogP contribution is -2.04. The van der Waals surface area contributed by atoms with Crippen molar-refractivity contribution in [1.29, 1.82) is 0 Å². The van der Waals surface area contributed by atoms with Gasteiger partial charge in [-0.25, -0.2) is 0 Å². The molecule has 136 valence electrons. The maximum Gasteiger partial charge on any atom is 0.145 e. The molecule has 0 aliphatic rings. The zero-order valence-electron chi connectivity index (χ0n) is 15.1. The quantitative estimate of drug-likeness (QED) is 0.617. The number of ether oxygens (including phenoxy) is 4. The third-order valence-corrected chi connectivity index (χ3v) is 3.95. The molecule has 0 atom stereocenters. The predicted molar refractivity (Wildman–Crippen MR) is 102 cm³/mol. The molecule has 0 saturated heterocycles. The first-order valence-electron chi connectivity index (χ1n) is 8.24. The minimum atomic E-state index is 0.489. The molecule has 2 aromatic carbocycles.